The average Bonchev–Trinajstić information content (AvgIpc) is 2.36. The highest BCUT2D eigenvalue weighted by Gasteiger charge is 2.22. The van der Waals surface area contributed by atoms with Crippen molar-refractivity contribution >= 4 is 22.6 Å². The van der Waals surface area contributed by atoms with E-state index in [0.717, 1.165) is 16.5 Å². The van der Waals surface area contributed by atoms with Crippen molar-refractivity contribution in [3.8, 4) is 5.75 Å². The van der Waals surface area contributed by atoms with Crippen LogP contribution in [0.3, 0.4) is 0 Å². The van der Waals surface area contributed by atoms with Gasteiger partial charge in [-0.1, -0.05) is 6.07 Å². The molecule has 1 aromatic carbocycles. The number of fused-ring (bicyclic) bond motifs is 1. The molecule has 0 amide bonds. The second-order valence-corrected chi connectivity index (χ2v) is 5.33. The second kappa shape index (κ2) is 5.36. The summed E-state index contributed by atoms with van der Waals surface area (Å²) >= 11 is 0. The first-order chi connectivity index (χ1) is 9.41. The van der Waals surface area contributed by atoms with Crippen LogP contribution in [0.4, 0.5) is 5.82 Å². The number of carbonyl (C=O) groups is 1. The minimum Gasteiger partial charge on any atom is -0.497 e. The fourth-order valence-corrected chi connectivity index (χ4v) is 2.12. The van der Waals surface area contributed by atoms with E-state index < -0.39 is 11.5 Å². The van der Waals surface area contributed by atoms with Crippen LogP contribution in [-0.4, -0.2) is 28.7 Å². The lowest BCUT2D eigenvalue weighted by molar-refractivity contribution is -0.137. The zero-order chi connectivity index (χ0) is 14.8. The van der Waals surface area contributed by atoms with E-state index in [1.807, 2.05) is 38.1 Å². The molecule has 2 aromatic rings. The summed E-state index contributed by atoms with van der Waals surface area (Å²) in [7, 11) is 1.61. The maximum Gasteiger partial charge on any atom is 0.305 e. The topological polar surface area (TPSA) is 71.5 Å². The molecule has 0 fully saturated rings. The van der Waals surface area contributed by atoms with Gasteiger partial charge in [0.25, 0.3) is 0 Å². The van der Waals surface area contributed by atoms with Crippen LogP contribution in [0.1, 0.15) is 20.3 Å². The minimum absolute atomic E-state index is 0.00896. The van der Waals surface area contributed by atoms with Crippen LogP contribution in [0.25, 0.3) is 10.8 Å². The van der Waals surface area contributed by atoms with E-state index in [0.29, 0.717) is 5.82 Å². The Kier molecular flexibility index (Phi) is 3.79. The van der Waals surface area contributed by atoms with Gasteiger partial charge in [-0.05, 0) is 37.4 Å². The van der Waals surface area contributed by atoms with Crippen molar-refractivity contribution in [3.63, 3.8) is 0 Å². The summed E-state index contributed by atoms with van der Waals surface area (Å²) in [6.07, 6.45) is 1.71. The van der Waals surface area contributed by atoms with Gasteiger partial charge >= 0.3 is 5.97 Å². The number of carboxylic acids is 1. The van der Waals surface area contributed by atoms with Crippen molar-refractivity contribution in [2.75, 3.05) is 12.4 Å². The Hall–Kier alpha value is -2.30. The number of ether oxygens (including phenoxy) is 1. The van der Waals surface area contributed by atoms with Gasteiger partial charge in [-0.15, -0.1) is 0 Å². The molecule has 1 aromatic heterocycles. The van der Waals surface area contributed by atoms with Crippen LogP contribution in [0, 0.1) is 0 Å². The van der Waals surface area contributed by atoms with Gasteiger partial charge in [0.1, 0.15) is 11.6 Å². The monoisotopic (exact) mass is 274 g/mol. The highest BCUT2D eigenvalue weighted by Crippen LogP contribution is 2.28. The number of rotatable bonds is 5. The molecule has 5 nitrogen and oxygen atoms in total. The summed E-state index contributed by atoms with van der Waals surface area (Å²) in [5, 5.41) is 14.1. The van der Waals surface area contributed by atoms with Gasteiger partial charge < -0.3 is 15.2 Å². The lowest BCUT2D eigenvalue weighted by Gasteiger charge is -2.25. The summed E-state index contributed by atoms with van der Waals surface area (Å²) in [4.78, 5) is 15.2. The van der Waals surface area contributed by atoms with Crippen molar-refractivity contribution in [2.24, 2.45) is 0 Å². The SMILES string of the molecule is COc1ccc2ccnc(NC(C)(C)CC(=O)O)c2c1. The molecule has 0 bridgehead atoms. The molecule has 0 saturated carbocycles. The van der Waals surface area contributed by atoms with E-state index in [2.05, 4.69) is 10.3 Å². The highest BCUT2D eigenvalue weighted by atomic mass is 16.5. The Morgan fingerprint density at radius 3 is 2.80 bits per heavy atom. The van der Waals surface area contributed by atoms with Crippen molar-refractivity contribution in [1.29, 1.82) is 0 Å². The van der Waals surface area contributed by atoms with Gasteiger partial charge in [-0.2, -0.15) is 0 Å². The van der Waals surface area contributed by atoms with E-state index in [1.54, 1.807) is 13.3 Å². The van der Waals surface area contributed by atoms with Crippen LogP contribution >= 0.6 is 0 Å². The van der Waals surface area contributed by atoms with E-state index in [4.69, 9.17) is 9.84 Å². The van der Waals surface area contributed by atoms with Crippen LogP contribution in [0.15, 0.2) is 30.5 Å². The number of benzene rings is 1. The Labute approximate surface area is 117 Å². The Morgan fingerprint density at radius 1 is 1.40 bits per heavy atom. The maximum absolute atomic E-state index is 10.9. The summed E-state index contributed by atoms with van der Waals surface area (Å²) < 4.78 is 5.22. The molecule has 2 rings (SSSR count). The largest absolute Gasteiger partial charge is 0.497 e. The molecule has 0 aliphatic rings. The fraction of sp³-hybridized carbons (Fsp3) is 0.333. The summed E-state index contributed by atoms with van der Waals surface area (Å²) in [5.74, 6) is 0.553. The normalized spacial score (nSPS) is 11.3. The first-order valence-electron chi connectivity index (χ1n) is 6.34. The van der Waals surface area contributed by atoms with Crippen LogP contribution in [0.5, 0.6) is 5.75 Å². The van der Waals surface area contributed by atoms with Crippen molar-refractivity contribution < 1.29 is 14.6 Å². The summed E-state index contributed by atoms with van der Waals surface area (Å²) in [6, 6.07) is 7.63. The summed E-state index contributed by atoms with van der Waals surface area (Å²) in [5.41, 5.74) is -0.587. The van der Waals surface area contributed by atoms with Crippen molar-refractivity contribution in [2.45, 2.75) is 25.8 Å². The zero-order valence-corrected chi connectivity index (χ0v) is 11.8. The fourth-order valence-electron chi connectivity index (χ4n) is 2.12. The van der Waals surface area contributed by atoms with Gasteiger partial charge in [-0.25, -0.2) is 4.98 Å². The van der Waals surface area contributed by atoms with Gasteiger partial charge in [-0.3, -0.25) is 4.79 Å². The molecule has 1 heterocycles. The molecule has 20 heavy (non-hydrogen) atoms. The second-order valence-electron chi connectivity index (χ2n) is 5.33. The van der Waals surface area contributed by atoms with Gasteiger partial charge in [0.2, 0.25) is 0 Å². The van der Waals surface area contributed by atoms with Crippen LogP contribution in [0.2, 0.25) is 0 Å². The molecule has 0 spiro atoms. The van der Waals surface area contributed by atoms with Crippen LogP contribution in [-0.2, 0) is 4.79 Å². The average molecular weight is 274 g/mol. The third-order valence-electron chi connectivity index (χ3n) is 3.02. The van der Waals surface area contributed by atoms with Crippen molar-refractivity contribution in [1.82, 2.24) is 4.98 Å². The predicted octanol–water partition coefficient (Wildman–Crippen LogP) is 2.91. The number of aromatic nitrogens is 1. The number of hydrogen-bond donors (Lipinski definition) is 2. The Balaban J connectivity index is 2.41. The number of methoxy groups -OCH3 is 1. The zero-order valence-electron chi connectivity index (χ0n) is 11.8. The Bertz CT molecular complexity index is 638. The third-order valence-corrected chi connectivity index (χ3v) is 3.02. The van der Waals surface area contributed by atoms with Crippen LogP contribution < -0.4 is 10.1 Å². The molecule has 0 unspecified atom stereocenters. The predicted molar refractivity (Wildman–Crippen MR) is 78.2 cm³/mol. The number of nitrogens with one attached hydrogen (secondary N) is 1. The lowest BCUT2D eigenvalue weighted by Crippen LogP contribution is -2.34. The number of anilines is 1. The summed E-state index contributed by atoms with van der Waals surface area (Å²) in [6.45, 7) is 3.67. The maximum atomic E-state index is 10.9. The third kappa shape index (κ3) is 3.17. The first kappa shape index (κ1) is 14.1. The van der Waals surface area contributed by atoms with Gasteiger partial charge in [0.05, 0.1) is 13.5 Å². The van der Waals surface area contributed by atoms with E-state index in [1.165, 1.54) is 0 Å². The molecular weight excluding hydrogens is 256 g/mol. The molecule has 5 heteroatoms. The lowest BCUT2D eigenvalue weighted by atomic mass is 10.0. The molecule has 0 aliphatic carbocycles. The van der Waals surface area contributed by atoms with Crippen molar-refractivity contribution in [3.05, 3.63) is 30.5 Å². The minimum atomic E-state index is -0.847. The highest BCUT2D eigenvalue weighted by molar-refractivity contribution is 5.93. The molecular formula is C15H18N2O3. The molecule has 0 saturated heterocycles. The molecule has 0 aliphatic heterocycles. The van der Waals surface area contributed by atoms with Gasteiger partial charge in [0.15, 0.2) is 0 Å². The molecule has 0 atom stereocenters. The number of hydrogen-bond acceptors (Lipinski definition) is 4. The van der Waals surface area contributed by atoms with E-state index >= 15 is 0 Å². The standard InChI is InChI=1S/C15H18N2O3/c1-15(2,9-13(18)19)17-14-12-8-11(20-3)5-4-10(12)6-7-16-14/h4-8H,9H2,1-3H3,(H,16,17)(H,18,19). The number of carboxylic acid groups (broad SMARTS) is 1. The van der Waals surface area contributed by atoms with E-state index in [9.17, 15) is 4.79 Å². The van der Waals surface area contributed by atoms with E-state index in [-0.39, 0.29) is 6.42 Å². The first-order valence-corrected chi connectivity index (χ1v) is 6.34. The van der Waals surface area contributed by atoms with Gasteiger partial charge in [0, 0.05) is 17.1 Å². The molecule has 0 radical (unpaired) electrons. The number of aliphatic carboxylic acids is 1. The smallest absolute Gasteiger partial charge is 0.305 e. The Morgan fingerprint density at radius 2 is 2.15 bits per heavy atom. The number of nitrogens with zero attached hydrogens (tertiary/aromatic N) is 1. The molecule has 2 N–H and O–H groups in total. The molecule has 106 valence electrons. The number of pyridine rings is 1. The quantitative estimate of drug-likeness (QED) is 0.877.